The molecule has 2 saturated heterocycles. The Morgan fingerprint density at radius 1 is 1.12 bits per heavy atom. The molecule has 2 atom stereocenters. The monoisotopic (exact) mass is 461 g/mol. The molecule has 0 saturated carbocycles. The van der Waals surface area contributed by atoms with E-state index >= 15 is 4.39 Å². The summed E-state index contributed by atoms with van der Waals surface area (Å²) in [6.07, 6.45) is 4.23. The SMILES string of the molecule is CC[C@@H](O)C#Cc1ccc2c(c1)CCN(c1ccc(N3CC[C@@H](N4CCCC4)C3)c(F)c1)C2=O. The van der Waals surface area contributed by atoms with Crippen LogP contribution in [0.2, 0.25) is 0 Å². The second kappa shape index (κ2) is 9.77. The summed E-state index contributed by atoms with van der Waals surface area (Å²) in [5.74, 6) is 5.42. The molecule has 0 radical (unpaired) electrons. The number of hydrogen-bond acceptors (Lipinski definition) is 4. The second-order valence-electron chi connectivity index (χ2n) is 9.54. The van der Waals surface area contributed by atoms with Gasteiger partial charge in [0.05, 0.1) is 5.69 Å². The molecule has 0 unspecified atom stereocenters. The molecule has 6 heteroatoms. The van der Waals surface area contributed by atoms with E-state index in [0.29, 0.717) is 42.4 Å². The highest BCUT2D eigenvalue weighted by Crippen LogP contribution is 2.32. The zero-order valence-electron chi connectivity index (χ0n) is 19.8. The largest absolute Gasteiger partial charge is 0.380 e. The van der Waals surface area contributed by atoms with E-state index in [4.69, 9.17) is 0 Å². The van der Waals surface area contributed by atoms with Crippen LogP contribution in [0, 0.1) is 17.7 Å². The molecule has 2 aromatic carbocycles. The summed E-state index contributed by atoms with van der Waals surface area (Å²) < 4.78 is 15.2. The van der Waals surface area contributed by atoms with Crippen molar-refractivity contribution in [3.05, 3.63) is 58.9 Å². The number of carbonyl (C=O) groups excluding carboxylic acids is 1. The maximum absolute atomic E-state index is 15.2. The third kappa shape index (κ3) is 4.55. The van der Waals surface area contributed by atoms with Gasteiger partial charge in [-0.1, -0.05) is 18.8 Å². The van der Waals surface area contributed by atoms with Crippen molar-refractivity contribution in [2.24, 2.45) is 0 Å². The molecule has 178 valence electrons. The summed E-state index contributed by atoms with van der Waals surface area (Å²) >= 11 is 0. The third-order valence-corrected chi connectivity index (χ3v) is 7.36. The molecule has 2 aromatic rings. The molecule has 5 nitrogen and oxygen atoms in total. The fourth-order valence-electron chi connectivity index (χ4n) is 5.37. The van der Waals surface area contributed by atoms with Crippen molar-refractivity contribution in [1.82, 2.24) is 4.90 Å². The van der Waals surface area contributed by atoms with E-state index in [1.54, 1.807) is 11.0 Å². The molecule has 3 heterocycles. The highest BCUT2D eigenvalue weighted by Gasteiger charge is 2.31. The predicted molar refractivity (Wildman–Crippen MR) is 133 cm³/mol. The van der Waals surface area contributed by atoms with Crippen molar-refractivity contribution in [3.63, 3.8) is 0 Å². The predicted octanol–water partition coefficient (Wildman–Crippen LogP) is 3.83. The first-order chi connectivity index (χ1) is 16.5. The maximum atomic E-state index is 15.2. The standard InChI is InChI=1S/C28H32FN3O2/c1-2-24(33)8-5-20-6-9-25-21(17-20)11-16-32(28(25)34)22-7-10-27(26(29)18-22)31-15-12-23(19-31)30-13-3-4-14-30/h6-7,9-10,17-18,23-24,33H,2-4,11-16,19H2,1H3/t23-,24-/m1/s1. The fraction of sp³-hybridized carbons (Fsp3) is 0.464. The molecule has 5 rings (SSSR count). The number of halogens is 1. The van der Waals surface area contributed by atoms with Gasteiger partial charge in [0.15, 0.2) is 0 Å². The van der Waals surface area contributed by atoms with E-state index in [1.807, 2.05) is 31.2 Å². The van der Waals surface area contributed by atoms with E-state index in [1.165, 1.54) is 18.9 Å². The molecule has 0 bridgehead atoms. The minimum atomic E-state index is -0.641. The fourth-order valence-corrected chi connectivity index (χ4v) is 5.37. The van der Waals surface area contributed by atoms with Gasteiger partial charge in [0, 0.05) is 42.5 Å². The van der Waals surface area contributed by atoms with Gasteiger partial charge in [0.2, 0.25) is 0 Å². The normalized spacial score (nSPS) is 21.4. The van der Waals surface area contributed by atoms with E-state index in [0.717, 1.165) is 43.7 Å². The second-order valence-corrected chi connectivity index (χ2v) is 9.54. The molecule has 0 aliphatic carbocycles. The van der Waals surface area contributed by atoms with Crippen LogP contribution in [0.4, 0.5) is 15.8 Å². The number of rotatable bonds is 4. The number of aliphatic hydroxyl groups is 1. The number of fused-ring (bicyclic) bond motifs is 1. The highest BCUT2D eigenvalue weighted by molar-refractivity contribution is 6.08. The quantitative estimate of drug-likeness (QED) is 0.704. The van der Waals surface area contributed by atoms with E-state index in [2.05, 4.69) is 21.6 Å². The maximum Gasteiger partial charge on any atom is 0.258 e. The summed E-state index contributed by atoms with van der Waals surface area (Å²) in [5, 5.41) is 9.66. The Morgan fingerprint density at radius 2 is 1.94 bits per heavy atom. The Bertz CT molecular complexity index is 1130. The van der Waals surface area contributed by atoms with Gasteiger partial charge < -0.3 is 14.9 Å². The first kappa shape index (κ1) is 22.9. The van der Waals surface area contributed by atoms with Crippen LogP contribution in [0.5, 0.6) is 0 Å². The number of hydrogen-bond donors (Lipinski definition) is 1. The van der Waals surface area contributed by atoms with Gasteiger partial charge in [-0.05, 0) is 87.2 Å². The lowest BCUT2D eigenvalue weighted by atomic mass is 9.96. The van der Waals surface area contributed by atoms with Crippen molar-refractivity contribution in [3.8, 4) is 11.8 Å². The number of anilines is 2. The van der Waals surface area contributed by atoms with Crippen LogP contribution < -0.4 is 9.80 Å². The van der Waals surface area contributed by atoms with Crippen molar-refractivity contribution in [2.75, 3.05) is 42.5 Å². The van der Waals surface area contributed by atoms with Gasteiger partial charge >= 0.3 is 0 Å². The lowest BCUT2D eigenvalue weighted by Gasteiger charge is -2.30. The first-order valence-corrected chi connectivity index (χ1v) is 12.5. The van der Waals surface area contributed by atoms with Gasteiger partial charge in [-0.15, -0.1) is 0 Å². The molecule has 0 spiro atoms. The molecule has 34 heavy (non-hydrogen) atoms. The topological polar surface area (TPSA) is 47.0 Å². The molecule has 1 amide bonds. The molecule has 2 fully saturated rings. The molecular weight excluding hydrogens is 429 g/mol. The smallest absolute Gasteiger partial charge is 0.258 e. The van der Waals surface area contributed by atoms with Gasteiger partial charge in [0.25, 0.3) is 5.91 Å². The zero-order chi connectivity index (χ0) is 23.7. The van der Waals surface area contributed by atoms with Crippen LogP contribution in [-0.4, -0.2) is 60.8 Å². The summed E-state index contributed by atoms with van der Waals surface area (Å²) in [7, 11) is 0. The Kier molecular flexibility index (Phi) is 6.58. The lowest BCUT2D eigenvalue weighted by Crippen LogP contribution is -2.38. The molecule has 3 aliphatic rings. The van der Waals surface area contributed by atoms with Crippen LogP contribution in [-0.2, 0) is 6.42 Å². The number of likely N-dealkylation sites (tertiary alicyclic amines) is 1. The Hall–Kier alpha value is -2.88. The number of carbonyl (C=O) groups is 1. The average Bonchev–Trinajstić information content (AvgIpc) is 3.55. The zero-order valence-corrected chi connectivity index (χ0v) is 19.8. The lowest BCUT2D eigenvalue weighted by molar-refractivity contribution is 0.0980. The Balaban J connectivity index is 1.30. The molecule has 1 N–H and O–H groups in total. The van der Waals surface area contributed by atoms with Crippen molar-refractivity contribution >= 4 is 17.3 Å². The molecule has 0 aromatic heterocycles. The molecule has 3 aliphatic heterocycles. The van der Waals surface area contributed by atoms with Crippen molar-refractivity contribution < 1.29 is 14.3 Å². The summed E-state index contributed by atoms with van der Waals surface area (Å²) in [6, 6.07) is 11.2. The minimum absolute atomic E-state index is 0.114. The summed E-state index contributed by atoms with van der Waals surface area (Å²) in [4.78, 5) is 19.5. The third-order valence-electron chi connectivity index (χ3n) is 7.36. The van der Waals surface area contributed by atoms with E-state index in [9.17, 15) is 9.90 Å². The van der Waals surface area contributed by atoms with Gasteiger partial charge in [-0.25, -0.2) is 4.39 Å². The van der Waals surface area contributed by atoms with Crippen molar-refractivity contribution in [2.45, 2.75) is 51.2 Å². The first-order valence-electron chi connectivity index (χ1n) is 12.5. The number of nitrogens with zero attached hydrogens (tertiary/aromatic N) is 3. The van der Waals surface area contributed by atoms with Crippen molar-refractivity contribution in [1.29, 1.82) is 0 Å². The van der Waals surface area contributed by atoms with Crippen LogP contribution in [0.1, 0.15) is 54.1 Å². The number of amides is 1. The van der Waals surface area contributed by atoms with Gasteiger partial charge in [-0.3, -0.25) is 9.69 Å². The minimum Gasteiger partial charge on any atom is -0.380 e. The highest BCUT2D eigenvalue weighted by atomic mass is 19.1. The van der Waals surface area contributed by atoms with E-state index < -0.39 is 6.10 Å². The summed E-state index contributed by atoms with van der Waals surface area (Å²) in [6.45, 7) is 6.44. The van der Waals surface area contributed by atoms with Gasteiger partial charge in [-0.2, -0.15) is 0 Å². The van der Waals surface area contributed by atoms with Crippen LogP contribution >= 0.6 is 0 Å². The molecular formula is C28H32FN3O2. The van der Waals surface area contributed by atoms with Crippen LogP contribution in [0.3, 0.4) is 0 Å². The average molecular weight is 462 g/mol. The van der Waals surface area contributed by atoms with Crippen LogP contribution in [0.15, 0.2) is 36.4 Å². The van der Waals surface area contributed by atoms with E-state index in [-0.39, 0.29) is 11.7 Å². The van der Waals surface area contributed by atoms with Gasteiger partial charge in [0.1, 0.15) is 11.9 Å². The Labute approximate surface area is 201 Å². The number of aliphatic hydroxyl groups excluding tert-OH is 1. The summed E-state index contributed by atoms with van der Waals surface area (Å²) in [5.41, 5.74) is 3.60. The van der Waals surface area contributed by atoms with Crippen LogP contribution in [0.25, 0.3) is 0 Å². The number of benzene rings is 2. The Morgan fingerprint density at radius 3 is 2.71 bits per heavy atom.